The van der Waals surface area contributed by atoms with Gasteiger partial charge >= 0.3 is 6.18 Å². The third-order valence-corrected chi connectivity index (χ3v) is 2.39. The highest BCUT2D eigenvalue weighted by molar-refractivity contribution is 5.42. The summed E-state index contributed by atoms with van der Waals surface area (Å²) in [5.41, 5.74) is 0.120. The van der Waals surface area contributed by atoms with Gasteiger partial charge in [-0.3, -0.25) is 0 Å². The average molecular weight is 229 g/mol. The molecule has 0 saturated heterocycles. The predicted octanol–water partition coefficient (Wildman–Crippen LogP) is 2.62. The van der Waals surface area contributed by atoms with Crippen LogP contribution in [-0.4, -0.2) is 14.6 Å². The Kier molecular flexibility index (Phi) is 2.36. The van der Waals surface area contributed by atoms with E-state index in [1.807, 2.05) is 6.92 Å². The summed E-state index contributed by atoms with van der Waals surface area (Å²) in [6.45, 7) is 3.26. The lowest BCUT2D eigenvalue weighted by Gasteiger charge is -2.02. The van der Waals surface area contributed by atoms with Crippen LogP contribution in [0.1, 0.15) is 24.0 Å². The fourth-order valence-corrected chi connectivity index (χ4v) is 1.54. The lowest BCUT2D eigenvalue weighted by Crippen LogP contribution is -2.08. The molecule has 0 bridgehead atoms. The average Bonchev–Trinajstić information content (AvgIpc) is 2.55. The van der Waals surface area contributed by atoms with E-state index in [2.05, 4.69) is 10.1 Å². The van der Waals surface area contributed by atoms with E-state index in [9.17, 15) is 13.2 Å². The molecule has 0 aliphatic rings. The number of halogens is 3. The lowest BCUT2D eigenvalue weighted by molar-refractivity contribution is -0.141. The first-order valence-corrected chi connectivity index (χ1v) is 4.86. The van der Waals surface area contributed by atoms with Crippen LogP contribution in [0.15, 0.2) is 12.1 Å². The zero-order valence-electron chi connectivity index (χ0n) is 8.84. The summed E-state index contributed by atoms with van der Waals surface area (Å²) in [7, 11) is 0. The molecular formula is C10H10F3N3. The first-order valence-electron chi connectivity index (χ1n) is 4.86. The van der Waals surface area contributed by atoms with Gasteiger partial charge in [0, 0.05) is 0 Å². The zero-order chi connectivity index (χ0) is 11.9. The molecule has 0 atom stereocenters. The minimum atomic E-state index is -4.43. The van der Waals surface area contributed by atoms with Gasteiger partial charge in [-0.05, 0) is 25.5 Å². The smallest absolute Gasteiger partial charge is 0.222 e. The molecule has 0 radical (unpaired) electrons. The van der Waals surface area contributed by atoms with Crippen LogP contribution in [0.5, 0.6) is 0 Å². The van der Waals surface area contributed by atoms with E-state index < -0.39 is 11.9 Å². The molecule has 2 rings (SSSR count). The van der Waals surface area contributed by atoms with Crippen molar-refractivity contribution in [3.05, 3.63) is 29.2 Å². The van der Waals surface area contributed by atoms with Gasteiger partial charge in [-0.15, -0.1) is 0 Å². The summed E-state index contributed by atoms with van der Waals surface area (Å²) < 4.78 is 38.9. The maximum Gasteiger partial charge on any atom is 0.435 e. The van der Waals surface area contributed by atoms with E-state index in [1.54, 1.807) is 12.1 Å². The molecule has 16 heavy (non-hydrogen) atoms. The van der Waals surface area contributed by atoms with Crippen molar-refractivity contribution < 1.29 is 13.2 Å². The Balaban J connectivity index is 2.69. The fourth-order valence-electron chi connectivity index (χ4n) is 1.54. The molecule has 0 fully saturated rings. The van der Waals surface area contributed by atoms with Crippen molar-refractivity contribution in [1.29, 1.82) is 0 Å². The third kappa shape index (κ3) is 1.64. The number of rotatable bonds is 1. The van der Waals surface area contributed by atoms with Crippen molar-refractivity contribution in [1.82, 2.24) is 14.6 Å². The lowest BCUT2D eigenvalue weighted by atomic mass is 10.3. The Morgan fingerprint density at radius 2 is 2.00 bits per heavy atom. The molecule has 6 heteroatoms. The van der Waals surface area contributed by atoms with Crippen molar-refractivity contribution in [3.63, 3.8) is 0 Å². The number of nitrogens with zero attached hydrogens (tertiary/aromatic N) is 3. The number of aromatic nitrogens is 3. The molecular weight excluding hydrogens is 219 g/mol. The molecule has 2 heterocycles. The quantitative estimate of drug-likeness (QED) is 0.752. The summed E-state index contributed by atoms with van der Waals surface area (Å²) >= 11 is 0. The van der Waals surface area contributed by atoms with Gasteiger partial charge in [-0.2, -0.15) is 18.3 Å². The van der Waals surface area contributed by atoms with E-state index in [4.69, 9.17) is 0 Å². The van der Waals surface area contributed by atoms with Gasteiger partial charge in [0.05, 0.1) is 11.4 Å². The monoisotopic (exact) mass is 229 g/mol. The summed E-state index contributed by atoms with van der Waals surface area (Å²) in [6.07, 6.45) is -3.75. The van der Waals surface area contributed by atoms with E-state index in [0.29, 0.717) is 6.42 Å². The number of fused-ring (bicyclic) bond motifs is 1. The highest BCUT2D eigenvalue weighted by Crippen LogP contribution is 2.31. The predicted molar refractivity (Wildman–Crippen MR) is 52.1 cm³/mol. The third-order valence-electron chi connectivity index (χ3n) is 2.39. The standard InChI is InChI=1S/C10H10F3N3/c1-3-7-4-5-8-14-9(10(11,12)13)6(2)16(8)15-7/h4-5H,3H2,1-2H3. The second-order valence-electron chi connectivity index (χ2n) is 3.49. The maximum absolute atomic E-state index is 12.6. The van der Waals surface area contributed by atoms with Gasteiger partial charge in [0.1, 0.15) is 0 Å². The molecule has 0 spiro atoms. The van der Waals surface area contributed by atoms with Crippen LogP contribution in [0.2, 0.25) is 0 Å². The summed E-state index contributed by atoms with van der Waals surface area (Å²) in [5, 5.41) is 4.08. The topological polar surface area (TPSA) is 30.2 Å². The number of alkyl halides is 3. The highest BCUT2D eigenvalue weighted by Gasteiger charge is 2.36. The van der Waals surface area contributed by atoms with E-state index in [1.165, 1.54) is 11.4 Å². The number of aryl methyl sites for hydroxylation is 2. The van der Waals surface area contributed by atoms with E-state index in [-0.39, 0.29) is 11.3 Å². The minimum Gasteiger partial charge on any atom is -0.222 e. The van der Waals surface area contributed by atoms with Crippen LogP contribution in [0.3, 0.4) is 0 Å². The second-order valence-corrected chi connectivity index (χ2v) is 3.49. The van der Waals surface area contributed by atoms with Crippen LogP contribution >= 0.6 is 0 Å². The van der Waals surface area contributed by atoms with Crippen molar-refractivity contribution in [2.75, 3.05) is 0 Å². The molecule has 0 aromatic carbocycles. The van der Waals surface area contributed by atoms with Crippen LogP contribution < -0.4 is 0 Å². The minimum absolute atomic E-state index is 0.0257. The number of imidazole rings is 1. The second kappa shape index (κ2) is 3.47. The molecule has 0 aliphatic carbocycles. The van der Waals surface area contributed by atoms with Crippen LogP contribution in [0, 0.1) is 6.92 Å². The van der Waals surface area contributed by atoms with Crippen LogP contribution in [-0.2, 0) is 12.6 Å². The fraction of sp³-hybridized carbons (Fsp3) is 0.400. The van der Waals surface area contributed by atoms with E-state index >= 15 is 0 Å². The normalized spacial score (nSPS) is 12.3. The molecule has 2 aromatic rings. The van der Waals surface area contributed by atoms with Crippen LogP contribution in [0.25, 0.3) is 5.65 Å². The van der Waals surface area contributed by atoms with Gasteiger partial charge in [-0.25, -0.2) is 9.50 Å². The molecule has 0 amide bonds. The summed E-state index contributed by atoms with van der Waals surface area (Å²) in [4.78, 5) is 3.53. The van der Waals surface area contributed by atoms with Crippen molar-refractivity contribution >= 4 is 5.65 Å². The highest BCUT2D eigenvalue weighted by atomic mass is 19.4. The van der Waals surface area contributed by atoms with Crippen molar-refractivity contribution in [2.45, 2.75) is 26.4 Å². The Hall–Kier alpha value is -1.59. The van der Waals surface area contributed by atoms with Crippen molar-refractivity contribution in [3.8, 4) is 0 Å². The largest absolute Gasteiger partial charge is 0.435 e. The Bertz CT molecular complexity index is 528. The van der Waals surface area contributed by atoms with Crippen molar-refractivity contribution in [2.24, 2.45) is 0 Å². The molecule has 0 aliphatic heterocycles. The molecule has 0 N–H and O–H groups in total. The molecule has 2 aromatic heterocycles. The Morgan fingerprint density at radius 3 is 2.56 bits per heavy atom. The molecule has 0 saturated carbocycles. The Morgan fingerprint density at radius 1 is 1.31 bits per heavy atom. The zero-order valence-corrected chi connectivity index (χ0v) is 8.84. The molecule has 0 unspecified atom stereocenters. The number of hydrogen-bond donors (Lipinski definition) is 0. The van der Waals surface area contributed by atoms with Crippen LogP contribution in [0.4, 0.5) is 13.2 Å². The van der Waals surface area contributed by atoms with Gasteiger partial charge in [-0.1, -0.05) is 6.92 Å². The SMILES string of the molecule is CCc1ccc2nc(C(F)(F)F)c(C)n2n1. The molecule has 3 nitrogen and oxygen atoms in total. The van der Waals surface area contributed by atoms with Gasteiger partial charge in [0.25, 0.3) is 0 Å². The van der Waals surface area contributed by atoms with Gasteiger partial charge in [0.2, 0.25) is 0 Å². The van der Waals surface area contributed by atoms with Gasteiger partial charge in [0.15, 0.2) is 11.3 Å². The van der Waals surface area contributed by atoms with E-state index in [0.717, 1.165) is 5.69 Å². The summed E-state index contributed by atoms with van der Waals surface area (Å²) in [6, 6.07) is 3.23. The first kappa shape index (κ1) is 10.9. The number of hydrogen-bond acceptors (Lipinski definition) is 2. The maximum atomic E-state index is 12.6. The van der Waals surface area contributed by atoms with Gasteiger partial charge < -0.3 is 0 Å². The molecule has 86 valence electrons. The first-order chi connectivity index (χ1) is 7.43. The Labute approximate surface area is 89.9 Å². The summed E-state index contributed by atoms with van der Waals surface area (Å²) in [5.74, 6) is 0.